The van der Waals surface area contributed by atoms with Crippen molar-refractivity contribution in [2.75, 3.05) is 105 Å². The monoisotopic (exact) mass is 1390 g/mol. The molecule has 0 saturated carbocycles. The summed E-state index contributed by atoms with van der Waals surface area (Å²) >= 11 is 0. The van der Waals surface area contributed by atoms with Crippen molar-refractivity contribution in [3.8, 4) is 0 Å². The predicted molar refractivity (Wildman–Crippen MR) is 357 cm³/mol. The number of hydrogen-bond donors (Lipinski definition) is 2. The van der Waals surface area contributed by atoms with E-state index in [1.54, 1.807) is 72.8 Å². The lowest BCUT2D eigenvalue weighted by Gasteiger charge is -2.29. The van der Waals surface area contributed by atoms with Gasteiger partial charge in [-0.25, -0.2) is 55.2 Å². The van der Waals surface area contributed by atoms with Crippen LogP contribution in [-0.2, 0) is 69.6 Å². The maximum absolute atomic E-state index is 14.7. The molecule has 6 aromatic carbocycles. The van der Waals surface area contributed by atoms with Gasteiger partial charge in [-0.05, 0) is 127 Å². The van der Waals surface area contributed by atoms with Crippen LogP contribution in [0.4, 0.5) is 0 Å². The largest absolute Gasteiger partial charge is 0.394 e. The Kier molecular flexibility index (Phi) is 29.1. The molecule has 27 heteroatoms. The summed E-state index contributed by atoms with van der Waals surface area (Å²) in [5.74, 6) is 0. The highest BCUT2D eigenvalue weighted by Crippen LogP contribution is 2.25. The average molecular weight is 1390 g/mol. The smallest absolute Gasteiger partial charge is 0.243 e. The molecule has 0 aliphatic rings. The minimum absolute atomic E-state index is 0.00282. The highest BCUT2D eigenvalue weighted by molar-refractivity contribution is 7.90. The van der Waals surface area contributed by atoms with Crippen LogP contribution >= 0.6 is 0 Å². The van der Waals surface area contributed by atoms with Crippen LogP contribution in [0.5, 0.6) is 0 Å². The minimum atomic E-state index is -4.35. The van der Waals surface area contributed by atoms with E-state index in [0.717, 1.165) is 46.3 Å². The molecule has 0 aromatic heterocycles. The molecular formula is C65H90N6O15S6. The van der Waals surface area contributed by atoms with E-state index in [1.165, 1.54) is 81.4 Å². The van der Waals surface area contributed by atoms with Gasteiger partial charge in [-0.15, -0.1) is 0 Å². The molecule has 0 bridgehead atoms. The first kappa shape index (κ1) is 75.7. The van der Waals surface area contributed by atoms with Crippen molar-refractivity contribution < 1.29 is 65.1 Å². The zero-order chi connectivity index (χ0) is 67.2. The molecule has 0 radical (unpaired) electrons. The van der Waals surface area contributed by atoms with E-state index in [4.69, 9.17) is 14.6 Å². The molecule has 92 heavy (non-hydrogen) atoms. The van der Waals surface area contributed by atoms with Crippen LogP contribution in [0.25, 0.3) is 0 Å². The second-order valence-electron chi connectivity index (χ2n) is 22.7. The van der Waals surface area contributed by atoms with Crippen LogP contribution < -0.4 is 4.72 Å². The van der Waals surface area contributed by atoms with Gasteiger partial charge in [0, 0.05) is 72.0 Å². The summed E-state index contributed by atoms with van der Waals surface area (Å²) in [6.07, 6.45) is 4.09. The minimum Gasteiger partial charge on any atom is -0.394 e. The molecule has 0 saturated heterocycles. The number of aliphatic hydroxyl groups is 1. The number of benzene rings is 6. The van der Waals surface area contributed by atoms with E-state index in [1.807, 2.05) is 41.5 Å². The fraction of sp³-hybridized carbons (Fsp3) is 0.446. The summed E-state index contributed by atoms with van der Waals surface area (Å²) in [5.41, 5.74) is 5.01. The lowest BCUT2D eigenvalue weighted by molar-refractivity contribution is 0.0307. The molecule has 0 unspecified atom stereocenters. The summed E-state index contributed by atoms with van der Waals surface area (Å²) in [5, 5.41) is 9.06. The molecule has 0 atom stereocenters. The standard InChI is InChI=1S/C65H90N6O15S6/c1-54-14-26-60(27-15-54)87(73,74)66-38-41-69(90(79,80)63-32-20-57(4)21-33-63)44-42-67(88(75,76)61-28-16-55(2)17-29-61)39-12-10-8-7-9-11-13-40-68(89(77,78)62-30-18-56(3)19-31-62)43-45-70(91(81,82)64-34-22-58(5)23-35-64)46-47-71(48-50-85-52-53-86-51-49-72)92(83,84)65-36-24-59(6)25-37-65/h14-37,66,72H,7-13,38-53H2,1-6H3. The van der Waals surface area contributed by atoms with Gasteiger partial charge in [0.15, 0.2) is 0 Å². The van der Waals surface area contributed by atoms with Gasteiger partial charge in [-0.1, -0.05) is 138 Å². The van der Waals surface area contributed by atoms with Crippen molar-refractivity contribution >= 4 is 60.1 Å². The van der Waals surface area contributed by atoms with Gasteiger partial charge in [-0.3, -0.25) is 0 Å². The third kappa shape index (κ3) is 22.1. The first-order valence-electron chi connectivity index (χ1n) is 30.8. The van der Waals surface area contributed by atoms with Crippen LogP contribution in [0.2, 0.25) is 0 Å². The van der Waals surface area contributed by atoms with Crippen molar-refractivity contribution in [3.05, 3.63) is 179 Å². The zero-order valence-electron chi connectivity index (χ0n) is 53.5. The Morgan fingerprint density at radius 3 is 0.793 bits per heavy atom. The maximum Gasteiger partial charge on any atom is 0.243 e. The quantitative estimate of drug-likeness (QED) is 0.0343. The Hall–Kier alpha value is -5.34. The Bertz CT molecular complexity index is 3960. The molecule has 0 amide bonds. The van der Waals surface area contributed by atoms with Gasteiger partial charge in [0.2, 0.25) is 60.1 Å². The van der Waals surface area contributed by atoms with Crippen molar-refractivity contribution in [3.63, 3.8) is 0 Å². The number of rotatable bonds is 42. The second-order valence-corrected chi connectivity index (χ2v) is 34.2. The lowest BCUT2D eigenvalue weighted by atomic mass is 10.1. The fourth-order valence-electron chi connectivity index (χ4n) is 9.85. The number of ether oxygens (including phenoxy) is 2. The number of aliphatic hydroxyl groups excluding tert-OH is 1. The van der Waals surface area contributed by atoms with Crippen LogP contribution in [0, 0.1) is 41.5 Å². The van der Waals surface area contributed by atoms with Crippen molar-refractivity contribution in [1.29, 1.82) is 0 Å². The third-order valence-corrected chi connectivity index (χ3v) is 26.5. The van der Waals surface area contributed by atoms with Crippen LogP contribution in [0.15, 0.2) is 175 Å². The highest BCUT2D eigenvalue weighted by Gasteiger charge is 2.33. The first-order chi connectivity index (χ1) is 43.6. The first-order valence-corrected chi connectivity index (χ1v) is 39.4. The van der Waals surface area contributed by atoms with Crippen LogP contribution in [0.1, 0.15) is 78.3 Å². The fourth-order valence-corrected chi connectivity index (χ4v) is 18.1. The van der Waals surface area contributed by atoms with Gasteiger partial charge in [0.1, 0.15) is 0 Å². The van der Waals surface area contributed by atoms with E-state index in [9.17, 15) is 50.5 Å². The number of hydrogen-bond acceptors (Lipinski definition) is 15. The Morgan fingerprint density at radius 1 is 0.283 bits per heavy atom. The van der Waals surface area contributed by atoms with E-state index < -0.39 is 60.1 Å². The number of nitrogens with one attached hydrogen (secondary N) is 1. The van der Waals surface area contributed by atoms with E-state index in [2.05, 4.69) is 4.72 Å². The van der Waals surface area contributed by atoms with Gasteiger partial charge >= 0.3 is 0 Å². The second kappa shape index (κ2) is 35.4. The van der Waals surface area contributed by atoms with Crippen molar-refractivity contribution in [1.82, 2.24) is 26.2 Å². The Morgan fingerprint density at radius 2 is 0.511 bits per heavy atom. The average Bonchev–Trinajstić information content (AvgIpc) is 0.888. The van der Waals surface area contributed by atoms with Crippen molar-refractivity contribution in [2.24, 2.45) is 0 Å². The molecule has 0 aliphatic carbocycles. The maximum atomic E-state index is 14.7. The topological polar surface area (TPSA) is 272 Å². The van der Waals surface area contributed by atoms with E-state index >= 15 is 0 Å². The molecule has 21 nitrogen and oxygen atoms in total. The molecule has 6 rings (SSSR count). The Balaban J connectivity index is 1.13. The molecule has 506 valence electrons. The zero-order valence-corrected chi connectivity index (χ0v) is 58.4. The van der Waals surface area contributed by atoms with Crippen LogP contribution in [-0.4, -0.2) is 182 Å². The Labute approximate surface area is 547 Å². The SMILES string of the molecule is Cc1ccc(S(=O)(=O)NCCN(CCN(CCCCCCCCCN(CCN(CCN(CCOCCOCCO)S(=O)(=O)c2ccc(C)cc2)S(=O)(=O)c2ccc(C)cc2)S(=O)(=O)c2ccc(C)cc2)S(=O)(=O)c2ccc(C)cc2)S(=O)(=O)c2ccc(C)cc2)cc1. The predicted octanol–water partition coefficient (Wildman–Crippen LogP) is 8.03. The molecule has 0 heterocycles. The van der Waals surface area contributed by atoms with Crippen LogP contribution in [0.3, 0.4) is 0 Å². The molecule has 2 N–H and O–H groups in total. The normalized spacial score (nSPS) is 12.9. The molecule has 0 spiro atoms. The molecule has 0 aliphatic heterocycles. The summed E-state index contributed by atoms with van der Waals surface area (Å²) in [6.45, 7) is 8.66. The lowest BCUT2D eigenvalue weighted by Crippen LogP contribution is -2.45. The summed E-state index contributed by atoms with van der Waals surface area (Å²) in [4.78, 5) is -0.0189. The van der Waals surface area contributed by atoms with Gasteiger partial charge in [0.25, 0.3) is 0 Å². The van der Waals surface area contributed by atoms with E-state index in [-0.39, 0.29) is 134 Å². The number of sulfonamides is 6. The summed E-state index contributed by atoms with van der Waals surface area (Å²) in [6, 6.07) is 37.7. The van der Waals surface area contributed by atoms with Gasteiger partial charge in [-0.2, -0.15) is 21.5 Å². The molecule has 6 aromatic rings. The number of aryl methyl sites for hydroxylation is 6. The third-order valence-electron chi connectivity index (χ3n) is 15.5. The number of unbranched alkanes of at least 4 members (excludes halogenated alkanes) is 6. The van der Waals surface area contributed by atoms with Gasteiger partial charge < -0.3 is 14.6 Å². The number of nitrogens with zero attached hydrogens (tertiary/aromatic N) is 5. The highest BCUT2D eigenvalue weighted by atomic mass is 32.2. The van der Waals surface area contributed by atoms with Gasteiger partial charge in [0.05, 0.1) is 62.4 Å². The summed E-state index contributed by atoms with van der Waals surface area (Å²) < 4.78 is 190. The van der Waals surface area contributed by atoms with Crippen molar-refractivity contribution in [2.45, 2.75) is 116 Å². The summed E-state index contributed by atoms with van der Waals surface area (Å²) in [7, 11) is -25.2. The molecule has 0 fully saturated rings. The molecular weight excluding hydrogens is 1300 g/mol. The van der Waals surface area contributed by atoms with E-state index in [0.29, 0.717) is 44.9 Å².